The van der Waals surface area contributed by atoms with Gasteiger partial charge in [-0.15, -0.1) is 0 Å². The van der Waals surface area contributed by atoms with Crippen LogP contribution in [0.5, 0.6) is 11.5 Å². The highest BCUT2D eigenvalue weighted by atomic mass is 32.2. The first-order chi connectivity index (χ1) is 17.8. The van der Waals surface area contributed by atoms with Crippen LogP contribution in [0.15, 0.2) is 70.6 Å². The molecule has 0 aromatic heterocycles. The maximum atomic E-state index is 13.3. The van der Waals surface area contributed by atoms with E-state index in [0.29, 0.717) is 34.8 Å². The van der Waals surface area contributed by atoms with Crippen molar-refractivity contribution >= 4 is 34.6 Å². The molecule has 0 aliphatic carbocycles. The van der Waals surface area contributed by atoms with Crippen molar-refractivity contribution in [2.75, 3.05) is 6.61 Å². The van der Waals surface area contributed by atoms with E-state index in [1.54, 1.807) is 4.90 Å². The summed E-state index contributed by atoms with van der Waals surface area (Å²) >= 11 is 1.40. The Morgan fingerprint density at radius 3 is 2.30 bits per heavy atom. The van der Waals surface area contributed by atoms with E-state index in [9.17, 15) is 4.79 Å². The van der Waals surface area contributed by atoms with Gasteiger partial charge in [-0.05, 0) is 106 Å². The van der Waals surface area contributed by atoms with Crippen LogP contribution in [0.4, 0.5) is 5.69 Å². The number of amides is 1. The number of amidine groups is 1. The van der Waals surface area contributed by atoms with Gasteiger partial charge < -0.3 is 9.47 Å². The van der Waals surface area contributed by atoms with Gasteiger partial charge in [0.15, 0.2) is 16.7 Å². The minimum Gasteiger partial charge on any atom is -0.490 e. The lowest BCUT2D eigenvalue weighted by Gasteiger charge is -2.19. The van der Waals surface area contributed by atoms with Crippen molar-refractivity contribution in [1.82, 2.24) is 4.90 Å². The number of nitrogens with zero attached hydrogens (tertiary/aromatic N) is 2. The van der Waals surface area contributed by atoms with Crippen LogP contribution in [-0.4, -0.2) is 28.6 Å². The Morgan fingerprint density at radius 2 is 1.65 bits per heavy atom. The van der Waals surface area contributed by atoms with E-state index in [-0.39, 0.29) is 11.9 Å². The average Bonchev–Trinajstić information content (AvgIpc) is 3.14. The number of carbonyl (C=O) groups is 1. The van der Waals surface area contributed by atoms with E-state index < -0.39 is 0 Å². The van der Waals surface area contributed by atoms with Gasteiger partial charge in [0.25, 0.3) is 5.91 Å². The van der Waals surface area contributed by atoms with Crippen molar-refractivity contribution in [2.45, 2.75) is 54.2 Å². The molecule has 1 fully saturated rings. The first-order valence-corrected chi connectivity index (χ1v) is 13.4. The van der Waals surface area contributed by atoms with Crippen LogP contribution in [-0.2, 0) is 11.4 Å². The van der Waals surface area contributed by atoms with E-state index in [1.165, 1.54) is 34.0 Å². The zero-order valence-corrected chi connectivity index (χ0v) is 23.2. The SMILES string of the molecule is CCOc1cc(/C=C2/SC(=Nc3ccccc3)N(C(C)C)C2=O)ccc1OCc1c(C)cc(C)cc1C. The number of carbonyl (C=O) groups excluding carboxylic acids is 1. The highest BCUT2D eigenvalue weighted by Crippen LogP contribution is 2.37. The highest BCUT2D eigenvalue weighted by Gasteiger charge is 2.35. The van der Waals surface area contributed by atoms with Gasteiger partial charge in [0.1, 0.15) is 6.61 Å². The number of aliphatic imine (C=N–C) groups is 1. The van der Waals surface area contributed by atoms with Crippen molar-refractivity contribution in [3.63, 3.8) is 0 Å². The molecule has 6 heteroatoms. The maximum Gasteiger partial charge on any atom is 0.266 e. The van der Waals surface area contributed by atoms with Gasteiger partial charge in [-0.3, -0.25) is 9.69 Å². The molecule has 192 valence electrons. The lowest BCUT2D eigenvalue weighted by atomic mass is 10.0. The van der Waals surface area contributed by atoms with Crippen molar-refractivity contribution in [3.8, 4) is 11.5 Å². The second kappa shape index (κ2) is 11.7. The van der Waals surface area contributed by atoms with Crippen LogP contribution < -0.4 is 9.47 Å². The van der Waals surface area contributed by atoms with E-state index in [2.05, 4.69) is 32.9 Å². The van der Waals surface area contributed by atoms with Gasteiger partial charge in [-0.2, -0.15) is 0 Å². The van der Waals surface area contributed by atoms with Gasteiger partial charge in [0.05, 0.1) is 17.2 Å². The van der Waals surface area contributed by atoms with Crippen molar-refractivity contribution in [2.24, 2.45) is 4.99 Å². The molecule has 37 heavy (non-hydrogen) atoms. The van der Waals surface area contributed by atoms with E-state index in [4.69, 9.17) is 14.5 Å². The van der Waals surface area contributed by atoms with Crippen LogP contribution in [0.25, 0.3) is 6.08 Å². The van der Waals surface area contributed by atoms with E-state index >= 15 is 0 Å². The number of para-hydroxylation sites is 1. The molecule has 0 bridgehead atoms. The molecule has 3 aromatic carbocycles. The van der Waals surface area contributed by atoms with Crippen LogP contribution in [0, 0.1) is 20.8 Å². The summed E-state index contributed by atoms with van der Waals surface area (Å²) in [5, 5.41) is 0.686. The molecule has 0 atom stereocenters. The standard InChI is InChI=1S/C31H34N2O3S/c1-7-35-28-17-24(13-14-27(28)36-19-26-22(5)15-21(4)16-23(26)6)18-29-30(34)33(20(2)3)31(37-29)32-25-11-9-8-10-12-25/h8-18,20H,7,19H2,1-6H3/b29-18+,32-31?. The molecular formula is C31H34N2O3S. The van der Waals surface area contributed by atoms with Crippen molar-refractivity contribution in [3.05, 3.63) is 93.4 Å². The quantitative estimate of drug-likeness (QED) is 0.290. The van der Waals surface area contributed by atoms with E-state index in [1.807, 2.05) is 75.4 Å². The first kappa shape index (κ1) is 26.6. The molecule has 0 unspecified atom stereocenters. The molecule has 1 amide bonds. The average molecular weight is 515 g/mol. The summed E-state index contributed by atoms with van der Waals surface area (Å²) in [7, 11) is 0. The fourth-order valence-electron chi connectivity index (χ4n) is 4.37. The Labute approximate surface area is 224 Å². The second-order valence-corrected chi connectivity index (χ2v) is 10.4. The molecule has 0 saturated carbocycles. The minimum atomic E-state index is -0.0433. The van der Waals surface area contributed by atoms with Crippen LogP contribution >= 0.6 is 11.8 Å². The molecular weight excluding hydrogens is 480 g/mol. The Hall–Kier alpha value is -3.51. The lowest BCUT2D eigenvalue weighted by molar-refractivity contribution is -0.123. The first-order valence-electron chi connectivity index (χ1n) is 12.6. The molecule has 0 N–H and O–H groups in total. The summed E-state index contributed by atoms with van der Waals surface area (Å²) in [6.07, 6.45) is 1.90. The van der Waals surface area contributed by atoms with Gasteiger partial charge in [-0.1, -0.05) is 42.0 Å². The molecule has 1 saturated heterocycles. The maximum absolute atomic E-state index is 13.3. The second-order valence-electron chi connectivity index (χ2n) is 9.41. The summed E-state index contributed by atoms with van der Waals surface area (Å²) in [5.41, 5.74) is 6.57. The molecule has 5 nitrogen and oxygen atoms in total. The van der Waals surface area contributed by atoms with E-state index in [0.717, 1.165) is 11.3 Å². The molecule has 0 spiro atoms. The molecule has 1 aliphatic heterocycles. The van der Waals surface area contributed by atoms with Crippen LogP contribution in [0.1, 0.15) is 48.6 Å². The Kier molecular flexibility index (Phi) is 8.39. The zero-order chi connectivity index (χ0) is 26.5. The molecule has 4 rings (SSSR count). The highest BCUT2D eigenvalue weighted by molar-refractivity contribution is 8.18. The normalized spacial score (nSPS) is 15.8. The third kappa shape index (κ3) is 6.25. The number of hydrogen-bond acceptors (Lipinski definition) is 5. The summed E-state index contributed by atoms with van der Waals surface area (Å²) in [4.78, 5) is 20.4. The number of hydrogen-bond donors (Lipinski definition) is 0. The fraction of sp³-hybridized carbons (Fsp3) is 0.290. The third-order valence-corrected chi connectivity index (χ3v) is 7.09. The fourth-order valence-corrected chi connectivity index (χ4v) is 5.49. The Morgan fingerprint density at radius 1 is 0.946 bits per heavy atom. The predicted octanol–water partition coefficient (Wildman–Crippen LogP) is 7.60. The smallest absolute Gasteiger partial charge is 0.266 e. The van der Waals surface area contributed by atoms with Gasteiger partial charge in [0, 0.05) is 6.04 Å². The number of benzene rings is 3. The van der Waals surface area contributed by atoms with Crippen LogP contribution in [0.2, 0.25) is 0 Å². The summed E-state index contributed by atoms with van der Waals surface area (Å²) in [5.74, 6) is 1.30. The predicted molar refractivity (Wildman–Crippen MR) is 154 cm³/mol. The Balaban J connectivity index is 1.60. The number of aryl methyl sites for hydroxylation is 3. The van der Waals surface area contributed by atoms with Crippen molar-refractivity contribution < 1.29 is 14.3 Å². The molecule has 0 radical (unpaired) electrons. The number of ether oxygens (including phenoxy) is 2. The molecule has 3 aromatic rings. The number of rotatable bonds is 8. The monoisotopic (exact) mass is 514 g/mol. The Bertz CT molecular complexity index is 1320. The topological polar surface area (TPSA) is 51.1 Å². The molecule has 1 heterocycles. The summed E-state index contributed by atoms with van der Waals surface area (Å²) < 4.78 is 12.1. The van der Waals surface area contributed by atoms with Crippen LogP contribution in [0.3, 0.4) is 0 Å². The largest absolute Gasteiger partial charge is 0.490 e. The third-order valence-electron chi connectivity index (χ3n) is 6.11. The molecule has 1 aliphatic rings. The summed E-state index contributed by atoms with van der Waals surface area (Å²) in [6.45, 7) is 13.3. The van der Waals surface area contributed by atoms with Crippen molar-refractivity contribution in [1.29, 1.82) is 0 Å². The number of thioether (sulfide) groups is 1. The van der Waals surface area contributed by atoms with Gasteiger partial charge in [-0.25, -0.2) is 4.99 Å². The van der Waals surface area contributed by atoms with Gasteiger partial charge in [0.2, 0.25) is 0 Å². The lowest BCUT2D eigenvalue weighted by Crippen LogP contribution is -2.35. The minimum absolute atomic E-state index is 0.00295. The van der Waals surface area contributed by atoms with Gasteiger partial charge >= 0.3 is 0 Å². The zero-order valence-electron chi connectivity index (χ0n) is 22.4. The summed E-state index contributed by atoms with van der Waals surface area (Å²) in [6, 6.07) is 19.9.